The molecule has 0 spiro atoms. The van der Waals surface area contributed by atoms with Gasteiger partial charge in [-0.2, -0.15) is 0 Å². The second-order valence-electron chi connectivity index (χ2n) is 5.71. The Balaban J connectivity index is 2.29. The molecule has 1 saturated heterocycles. The molecule has 1 aliphatic heterocycles. The molecule has 2 aromatic heterocycles. The summed E-state index contributed by atoms with van der Waals surface area (Å²) in [6, 6.07) is 0. The van der Waals surface area contributed by atoms with Crippen LogP contribution in [0.25, 0.3) is 11.0 Å². The Hall–Kier alpha value is -2.47. The molecule has 0 bridgehead atoms. The van der Waals surface area contributed by atoms with Gasteiger partial charge in [0.05, 0.1) is 23.7 Å². The average Bonchev–Trinajstić information content (AvgIpc) is 3.03. The molecule has 11 nitrogen and oxygen atoms in total. The van der Waals surface area contributed by atoms with E-state index in [0.29, 0.717) is 11.0 Å². The second-order valence-corrected chi connectivity index (χ2v) is 5.71. The van der Waals surface area contributed by atoms with Crippen molar-refractivity contribution in [2.45, 2.75) is 25.4 Å². The highest BCUT2D eigenvalue weighted by Gasteiger charge is 2.43. The Morgan fingerprint density at radius 3 is 2.75 bits per heavy atom. The molecule has 1 fully saturated rings. The van der Waals surface area contributed by atoms with E-state index in [1.165, 1.54) is 6.33 Å². The summed E-state index contributed by atoms with van der Waals surface area (Å²) in [4.78, 5) is 8.14. The fraction of sp³-hybridized carbons (Fsp3) is 0.462. The molecule has 10 N–H and O–H groups in total. The third-order valence-corrected chi connectivity index (χ3v) is 4.34. The molecule has 3 heterocycles. The Labute approximate surface area is 136 Å². The van der Waals surface area contributed by atoms with Crippen LogP contribution in [0.4, 0.5) is 11.6 Å². The summed E-state index contributed by atoms with van der Waals surface area (Å²) in [7, 11) is 0. The Morgan fingerprint density at radius 1 is 1.50 bits per heavy atom. The molecule has 1 aliphatic rings. The van der Waals surface area contributed by atoms with Crippen molar-refractivity contribution in [1.29, 1.82) is 5.41 Å². The van der Waals surface area contributed by atoms with Gasteiger partial charge < -0.3 is 31.8 Å². The zero-order chi connectivity index (χ0) is 17.6. The van der Waals surface area contributed by atoms with E-state index < -0.39 is 18.4 Å². The number of aliphatic hydroxyl groups is 2. The van der Waals surface area contributed by atoms with Crippen LogP contribution < -0.4 is 22.7 Å². The van der Waals surface area contributed by atoms with Crippen molar-refractivity contribution < 1.29 is 14.9 Å². The summed E-state index contributed by atoms with van der Waals surface area (Å²) < 4.78 is 7.34. The van der Waals surface area contributed by atoms with Crippen molar-refractivity contribution >= 4 is 28.5 Å². The number of nitrogen functional groups attached to an aromatic ring is 3. The normalized spacial score (nSPS) is 26.8. The molecule has 0 aliphatic carbocycles. The minimum absolute atomic E-state index is 0.144. The van der Waals surface area contributed by atoms with Crippen LogP contribution in [0.2, 0.25) is 0 Å². The van der Waals surface area contributed by atoms with E-state index in [9.17, 15) is 10.2 Å². The molecule has 0 aromatic carbocycles. The Kier molecular flexibility index (Phi) is 4.01. The fourth-order valence-electron chi connectivity index (χ4n) is 3.15. The van der Waals surface area contributed by atoms with E-state index in [1.807, 2.05) is 0 Å². The predicted octanol–water partition coefficient (Wildman–Crippen LogP) is -1.53. The van der Waals surface area contributed by atoms with Gasteiger partial charge in [0, 0.05) is 5.92 Å². The lowest BCUT2D eigenvalue weighted by Crippen LogP contribution is -2.28. The van der Waals surface area contributed by atoms with Gasteiger partial charge in [-0.05, 0) is 0 Å². The molecule has 0 amide bonds. The zero-order valence-corrected chi connectivity index (χ0v) is 13.0. The van der Waals surface area contributed by atoms with Gasteiger partial charge in [-0.15, -0.1) is 0 Å². The SMILES string of the molecule is C[C@@H]1[C@H](O)[C@@H](CO)O[C@H]1n1c(NN)c(C(=N)N)c2c(N)ncnc21. The number of hydrogen-bond acceptors (Lipinski definition) is 9. The van der Waals surface area contributed by atoms with Crippen molar-refractivity contribution in [3.05, 3.63) is 11.9 Å². The number of nitrogens with one attached hydrogen (secondary N) is 2. The third kappa shape index (κ3) is 2.17. The summed E-state index contributed by atoms with van der Waals surface area (Å²) in [6.45, 7) is 1.44. The number of anilines is 2. The maximum atomic E-state index is 10.2. The first kappa shape index (κ1) is 16.4. The molecule has 24 heavy (non-hydrogen) atoms. The number of ether oxygens (including phenoxy) is 1. The summed E-state index contributed by atoms with van der Waals surface area (Å²) in [5, 5.41) is 27.8. The summed E-state index contributed by atoms with van der Waals surface area (Å²) in [5.74, 6) is 5.41. The molecular weight excluding hydrogens is 316 g/mol. The number of aliphatic hydroxyl groups excluding tert-OH is 2. The van der Waals surface area contributed by atoms with E-state index in [1.54, 1.807) is 11.5 Å². The molecule has 4 atom stereocenters. The molecule has 0 radical (unpaired) electrons. The number of fused-ring (bicyclic) bond motifs is 1. The van der Waals surface area contributed by atoms with E-state index in [-0.39, 0.29) is 35.6 Å². The standard InChI is InChI=1S/C13H20N8O3/c1-4-8(23)5(2-22)24-13(4)21-11-7(10(16)18-3-19-11)6(9(14)15)12(21)20-17/h3-5,8,13,20,22-23H,2,17H2,1H3,(H3,14,15)(H2,16,18,19)/t4-,5-,8+,13-/m1/s1. The predicted molar refractivity (Wildman–Crippen MR) is 86.9 cm³/mol. The summed E-state index contributed by atoms with van der Waals surface area (Å²) >= 11 is 0. The van der Waals surface area contributed by atoms with Crippen LogP contribution in [0.15, 0.2) is 6.33 Å². The van der Waals surface area contributed by atoms with Crippen LogP contribution in [0.5, 0.6) is 0 Å². The first-order chi connectivity index (χ1) is 11.4. The highest BCUT2D eigenvalue weighted by molar-refractivity contribution is 6.14. The second kappa shape index (κ2) is 5.87. The first-order valence-corrected chi connectivity index (χ1v) is 7.32. The van der Waals surface area contributed by atoms with Gasteiger partial charge in [0.15, 0.2) is 0 Å². The maximum absolute atomic E-state index is 10.2. The van der Waals surface area contributed by atoms with Crippen molar-refractivity contribution in [3.8, 4) is 0 Å². The van der Waals surface area contributed by atoms with E-state index in [2.05, 4.69) is 15.4 Å². The quantitative estimate of drug-likeness (QED) is 0.150. The lowest BCUT2D eigenvalue weighted by atomic mass is 10.0. The van der Waals surface area contributed by atoms with Crippen molar-refractivity contribution in [2.24, 2.45) is 17.5 Å². The monoisotopic (exact) mass is 336 g/mol. The number of hydrazine groups is 1. The Morgan fingerprint density at radius 2 is 2.21 bits per heavy atom. The molecule has 0 saturated carbocycles. The van der Waals surface area contributed by atoms with Gasteiger partial charge in [-0.25, -0.2) is 15.8 Å². The van der Waals surface area contributed by atoms with Gasteiger partial charge in [0.25, 0.3) is 0 Å². The van der Waals surface area contributed by atoms with Gasteiger partial charge in [-0.3, -0.25) is 9.98 Å². The van der Waals surface area contributed by atoms with Crippen molar-refractivity contribution in [3.63, 3.8) is 0 Å². The van der Waals surface area contributed by atoms with Crippen LogP contribution in [0.3, 0.4) is 0 Å². The number of amidine groups is 1. The highest BCUT2D eigenvalue weighted by atomic mass is 16.5. The first-order valence-electron chi connectivity index (χ1n) is 7.32. The average molecular weight is 336 g/mol. The molecular formula is C13H20N8O3. The summed E-state index contributed by atoms with van der Waals surface area (Å²) in [5.41, 5.74) is 14.7. The van der Waals surface area contributed by atoms with E-state index in [4.69, 9.17) is 27.5 Å². The molecule has 11 heteroatoms. The van der Waals surface area contributed by atoms with E-state index in [0.717, 1.165) is 0 Å². The summed E-state index contributed by atoms with van der Waals surface area (Å²) in [6.07, 6.45) is -1.03. The van der Waals surface area contributed by atoms with Crippen LogP contribution in [0, 0.1) is 11.3 Å². The third-order valence-electron chi connectivity index (χ3n) is 4.34. The van der Waals surface area contributed by atoms with Crippen molar-refractivity contribution in [2.75, 3.05) is 17.8 Å². The topological polar surface area (TPSA) is 194 Å². The van der Waals surface area contributed by atoms with Gasteiger partial charge >= 0.3 is 0 Å². The molecule has 2 aromatic rings. The number of nitrogens with zero attached hydrogens (tertiary/aromatic N) is 3. The van der Waals surface area contributed by atoms with Crippen LogP contribution in [-0.4, -0.2) is 49.4 Å². The minimum atomic E-state index is -0.872. The zero-order valence-electron chi connectivity index (χ0n) is 13.0. The van der Waals surface area contributed by atoms with Gasteiger partial charge in [-0.1, -0.05) is 6.92 Å². The lowest BCUT2D eigenvalue weighted by Gasteiger charge is -2.21. The maximum Gasteiger partial charge on any atom is 0.150 e. The molecule has 3 rings (SSSR count). The number of aromatic nitrogens is 3. The van der Waals surface area contributed by atoms with Crippen LogP contribution in [0.1, 0.15) is 18.7 Å². The Bertz CT molecular complexity index is 791. The number of rotatable bonds is 4. The fourth-order valence-corrected chi connectivity index (χ4v) is 3.15. The minimum Gasteiger partial charge on any atom is -0.394 e. The highest BCUT2D eigenvalue weighted by Crippen LogP contribution is 2.41. The number of nitrogens with two attached hydrogens (primary N) is 3. The molecule has 0 unspecified atom stereocenters. The number of hydrogen-bond donors (Lipinski definition) is 7. The smallest absolute Gasteiger partial charge is 0.150 e. The van der Waals surface area contributed by atoms with Crippen LogP contribution >= 0.6 is 0 Å². The van der Waals surface area contributed by atoms with Crippen molar-refractivity contribution in [1.82, 2.24) is 14.5 Å². The van der Waals surface area contributed by atoms with E-state index >= 15 is 0 Å². The van der Waals surface area contributed by atoms with Gasteiger partial charge in [0.1, 0.15) is 41.8 Å². The van der Waals surface area contributed by atoms with Gasteiger partial charge in [0.2, 0.25) is 0 Å². The largest absolute Gasteiger partial charge is 0.394 e. The molecule has 130 valence electrons. The lowest BCUT2D eigenvalue weighted by molar-refractivity contribution is -0.0438. The van der Waals surface area contributed by atoms with Crippen LogP contribution in [-0.2, 0) is 4.74 Å².